The standard InChI is InChI=1S/C26H32N2O3S/c1-3-4-7-18-27(2)24-15-12-22(13-16-24)11-14-23-17-20-28(19-8-21-32-31-30-29)26-10-6-5-9-25(23)26/h5-6,9-17,20H,3-4,7-8,18-19,21H2,1-2H3/p+1. The Morgan fingerprint density at radius 3 is 2.59 bits per heavy atom. The van der Waals surface area contributed by atoms with Gasteiger partial charge in [-0.2, -0.15) is 4.57 Å². The molecular weight excluding hydrogens is 420 g/mol. The normalized spacial score (nSPS) is 11.5. The minimum absolute atomic E-state index is 0.729. The first-order valence-corrected chi connectivity index (χ1v) is 12.1. The zero-order valence-corrected chi connectivity index (χ0v) is 19.8. The van der Waals surface area contributed by atoms with Crippen LogP contribution in [0.4, 0.5) is 5.69 Å². The lowest BCUT2D eigenvalue weighted by molar-refractivity contribution is -0.671. The van der Waals surface area contributed by atoms with E-state index < -0.39 is 0 Å². The molecule has 0 saturated carbocycles. The summed E-state index contributed by atoms with van der Waals surface area (Å²) in [7, 11) is 2.16. The Hall–Kier alpha value is -2.38. The van der Waals surface area contributed by atoms with Gasteiger partial charge in [0.1, 0.15) is 6.54 Å². The van der Waals surface area contributed by atoms with Crippen molar-refractivity contribution >= 4 is 40.8 Å². The highest BCUT2D eigenvalue weighted by Gasteiger charge is 2.11. The van der Waals surface area contributed by atoms with Gasteiger partial charge in [-0.1, -0.05) is 61.2 Å². The highest BCUT2D eigenvalue weighted by molar-refractivity contribution is 7.94. The molecule has 0 spiro atoms. The number of rotatable bonds is 13. The number of anilines is 1. The van der Waals surface area contributed by atoms with Gasteiger partial charge < -0.3 is 4.90 Å². The van der Waals surface area contributed by atoms with Crippen LogP contribution in [0.25, 0.3) is 23.1 Å². The fourth-order valence-electron chi connectivity index (χ4n) is 3.75. The molecule has 0 aliphatic rings. The van der Waals surface area contributed by atoms with Gasteiger partial charge >= 0.3 is 0 Å². The van der Waals surface area contributed by atoms with Gasteiger partial charge in [0, 0.05) is 55.6 Å². The van der Waals surface area contributed by atoms with E-state index in [-0.39, 0.29) is 0 Å². The predicted molar refractivity (Wildman–Crippen MR) is 134 cm³/mol. The lowest BCUT2D eigenvalue weighted by Crippen LogP contribution is -2.34. The number of hydrogen-bond acceptors (Lipinski definition) is 5. The second kappa shape index (κ2) is 13.2. The number of hydrogen-bond donors (Lipinski definition) is 1. The average Bonchev–Trinajstić information content (AvgIpc) is 2.83. The molecule has 0 bridgehead atoms. The number of nitrogens with zero attached hydrogens (tertiary/aromatic N) is 2. The molecule has 32 heavy (non-hydrogen) atoms. The Kier molecular flexibility index (Phi) is 10.0. The summed E-state index contributed by atoms with van der Waals surface area (Å²) in [5, 5.41) is 13.1. The van der Waals surface area contributed by atoms with Crippen LogP contribution in [0.5, 0.6) is 0 Å². The van der Waals surface area contributed by atoms with Gasteiger partial charge in [0.15, 0.2) is 6.20 Å². The Bertz CT molecular complexity index is 992. The lowest BCUT2D eigenvalue weighted by Gasteiger charge is -2.19. The van der Waals surface area contributed by atoms with E-state index in [2.05, 4.69) is 106 Å². The van der Waals surface area contributed by atoms with Gasteiger partial charge in [0.05, 0.1) is 5.39 Å². The quantitative estimate of drug-likeness (QED) is 0.107. The molecule has 0 atom stereocenters. The molecule has 170 valence electrons. The Morgan fingerprint density at radius 1 is 1.00 bits per heavy atom. The third-order valence-corrected chi connectivity index (χ3v) is 6.16. The monoisotopic (exact) mass is 453 g/mol. The van der Waals surface area contributed by atoms with Crippen molar-refractivity contribution in [3.63, 3.8) is 0 Å². The van der Waals surface area contributed by atoms with E-state index in [1.807, 2.05) is 0 Å². The number of pyridine rings is 1. The highest BCUT2D eigenvalue weighted by atomic mass is 32.2. The minimum Gasteiger partial charge on any atom is -0.375 e. The maximum atomic E-state index is 8.21. The van der Waals surface area contributed by atoms with Crippen LogP contribution in [0.15, 0.2) is 60.8 Å². The second-order valence-electron chi connectivity index (χ2n) is 7.85. The summed E-state index contributed by atoms with van der Waals surface area (Å²) in [5.74, 6) is 0.729. The maximum absolute atomic E-state index is 8.21. The van der Waals surface area contributed by atoms with Gasteiger partial charge in [-0.25, -0.2) is 5.26 Å². The van der Waals surface area contributed by atoms with Gasteiger partial charge in [0.2, 0.25) is 5.52 Å². The number of para-hydroxylation sites is 1. The van der Waals surface area contributed by atoms with Crippen LogP contribution in [-0.4, -0.2) is 24.6 Å². The summed E-state index contributed by atoms with van der Waals surface area (Å²) in [5.41, 5.74) is 4.85. The van der Waals surface area contributed by atoms with Gasteiger partial charge in [0.25, 0.3) is 0 Å². The summed E-state index contributed by atoms with van der Waals surface area (Å²) in [6.07, 6.45) is 11.2. The lowest BCUT2D eigenvalue weighted by atomic mass is 10.1. The van der Waals surface area contributed by atoms with Crippen molar-refractivity contribution in [1.82, 2.24) is 0 Å². The number of aromatic nitrogens is 1. The van der Waals surface area contributed by atoms with Crippen molar-refractivity contribution in [3.8, 4) is 0 Å². The zero-order valence-electron chi connectivity index (χ0n) is 18.9. The summed E-state index contributed by atoms with van der Waals surface area (Å²) in [4.78, 5) is 2.33. The minimum atomic E-state index is 0.729. The molecule has 2 aromatic carbocycles. The first-order chi connectivity index (χ1) is 15.7. The molecule has 1 aromatic heterocycles. The van der Waals surface area contributed by atoms with Crippen molar-refractivity contribution in [1.29, 1.82) is 0 Å². The first-order valence-electron chi connectivity index (χ1n) is 11.2. The smallest absolute Gasteiger partial charge is 0.213 e. The molecule has 3 aromatic rings. The van der Waals surface area contributed by atoms with E-state index in [1.54, 1.807) is 0 Å². The van der Waals surface area contributed by atoms with Gasteiger partial charge in [-0.3, -0.25) is 0 Å². The van der Waals surface area contributed by atoms with Crippen LogP contribution in [0.1, 0.15) is 43.7 Å². The largest absolute Gasteiger partial charge is 0.375 e. The van der Waals surface area contributed by atoms with Crippen molar-refractivity contribution in [2.45, 2.75) is 39.2 Å². The number of benzene rings is 2. The van der Waals surface area contributed by atoms with E-state index in [1.165, 1.54) is 47.0 Å². The zero-order chi connectivity index (χ0) is 22.6. The molecular formula is C26H33N2O3S+. The van der Waals surface area contributed by atoms with Crippen LogP contribution >= 0.6 is 12.0 Å². The summed E-state index contributed by atoms with van der Waals surface area (Å²) in [6.45, 7) is 4.20. The van der Waals surface area contributed by atoms with Crippen molar-refractivity contribution in [2.75, 3.05) is 24.2 Å². The SMILES string of the molecule is CCCCCN(C)c1ccc(C=Cc2cc[n+](CCCSOOO)c3ccccc23)cc1. The molecule has 6 heteroatoms. The van der Waals surface area contributed by atoms with Gasteiger partial charge in [-0.15, -0.1) is 4.33 Å². The molecule has 0 saturated heterocycles. The number of fused-ring (bicyclic) bond motifs is 1. The number of unbranched alkanes of at least 4 members (excludes halogenated alkanes) is 2. The van der Waals surface area contributed by atoms with Crippen molar-refractivity contribution < 1.29 is 19.2 Å². The van der Waals surface area contributed by atoms with Gasteiger partial charge in [-0.05, 0) is 35.7 Å². The van der Waals surface area contributed by atoms with E-state index in [4.69, 9.17) is 5.26 Å². The fourth-order valence-corrected chi connectivity index (χ4v) is 4.11. The third-order valence-electron chi connectivity index (χ3n) is 5.55. The maximum Gasteiger partial charge on any atom is 0.213 e. The van der Waals surface area contributed by atoms with Crippen LogP contribution in [-0.2, 0) is 15.9 Å². The summed E-state index contributed by atoms with van der Waals surface area (Å²) in [6, 6.07) is 19.4. The predicted octanol–water partition coefficient (Wildman–Crippen LogP) is 6.38. The Morgan fingerprint density at radius 2 is 1.81 bits per heavy atom. The molecule has 1 heterocycles. The molecule has 3 rings (SSSR count). The van der Waals surface area contributed by atoms with Crippen LogP contribution in [0.3, 0.4) is 0 Å². The van der Waals surface area contributed by atoms with E-state index >= 15 is 0 Å². The molecule has 0 aliphatic carbocycles. The molecule has 1 N–H and O–H groups in total. The van der Waals surface area contributed by atoms with E-state index in [0.717, 1.165) is 37.3 Å². The second-order valence-corrected chi connectivity index (χ2v) is 8.63. The first kappa shape index (κ1) is 24.3. The van der Waals surface area contributed by atoms with Crippen molar-refractivity contribution in [3.05, 3.63) is 71.9 Å². The third kappa shape index (κ3) is 7.07. The average molecular weight is 454 g/mol. The van der Waals surface area contributed by atoms with Crippen LogP contribution < -0.4 is 9.47 Å². The van der Waals surface area contributed by atoms with Crippen LogP contribution in [0.2, 0.25) is 0 Å². The highest BCUT2D eigenvalue weighted by Crippen LogP contribution is 2.20. The molecule has 0 amide bonds. The summed E-state index contributed by atoms with van der Waals surface area (Å²) < 4.78 is 6.69. The molecule has 0 unspecified atom stereocenters. The molecule has 5 nitrogen and oxygen atoms in total. The topological polar surface area (TPSA) is 45.8 Å². The molecule has 0 aliphatic heterocycles. The Balaban J connectivity index is 1.68. The summed E-state index contributed by atoms with van der Waals surface area (Å²) >= 11 is 1.09. The number of aryl methyl sites for hydroxylation is 1. The fraction of sp³-hybridized carbons (Fsp3) is 0.346. The Labute approximate surface area is 195 Å². The van der Waals surface area contributed by atoms with Crippen LogP contribution in [0, 0.1) is 0 Å². The van der Waals surface area contributed by atoms with E-state index in [0.29, 0.717) is 0 Å². The van der Waals surface area contributed by atoms with Crippen molar-refractivity contribution in [2.24, 2.45) is 0 Å². The van der Waals surface area contributed by atoms with E-state index in [9.17, 15) is 0 Å². The molecule has 0 fully saturated rings. The molecule has 0 radical (unpaired) electrons.